The summed E-state index contributed by atoms with van der Waals surface area (Å²) >= 11 is 0. The van der Waals surface area contributed by atoms with E-state index in [1.165, 1.54) is 12.1 Å². The van der Waals surface area contributed by atoms with Crippen molar-refractivity contribution in [1.82, 2.24) is 39.9 Å². The summed E-state index contributed by atoms with van der Waals surface area (Å²) in [5.41, 5.74) is -10.5. The molecule has 5 rings (SSSR count). The van der Waals surface area contributed by atoms with Crippen molar-refractivity contribution < 1.29 is 52.7 Å². The Hall–Kier alpha value is -4.52. The minimum atomic E-state index is -4.71. The third kappa shape index (κ3) is 8.72. The number of halogens is 12. The normalized spacial score (nSPS) is 15.3. The van der Waals surface area contributed by atoms with E-state index in [1.807, 2.05) is 0 Å². The van der Waals surface area contributed by atoms with Crippen LogP contribution >= 0.6 is 0 Å². The topological polar surface area (TPSA) is 109 Å². The highest BCUT2D eigenvalue weighted by atomic mass is 19.4. The van der Waals surface area contributed by atoms with Gasteiger partial charge in [0.1, 0.15) is 22.6 Å². The predicted octanol–water partition coefficient (Wildman–Crippen LogP) is 11.2. The van der Waals surface area contributed by atoms with Gasteiger partial charge in [-0.3, -0.25) is 0 Å². The van der Waals surface area contributed by atoms with E-state index in [0.717, 1.165) is 67.5 Å². The summed E-state index contributed by atoms with van der Waals surface area (Å²) in [5.74, 6) is -1.19. The summed E-state index contributed by atoms with van der Waals surface area (Å²) in [6, 6.07) is 2.37. The van der Waals surface area contributed by atoms with E-state index >= 15 is 0 Å². The molecule has 20 heteroatoms. The Morgan fingerprint density at radius 2 is 0.696 bits per heavy atom. The molecule has 0 saturated carbocycles. The minimum Gasteiger partial charge on any atom is -0.325 e. The largest absolute Gasteiger partial charge is 0.394 e. The number of aromatic nitrogens is 8. The Labute approximate surface area is 312 Å². The molecule has 0 unspecified atom stereocenters. The van der Waals surface area contributed by atoms with Gasteiger partial charge in [-0.1, -0.05) is 55.4 Å². The van der Waals surface area contributed by atoms with Crippen molar-refractivity contribution >= 4 is 45.9 Å². The lowest BCUT2D eigenvalue weighted by Crippen LogP contribution is -2.34. The van der Waals surface area contributed by atoms with E-state index in [0.29, 0.717) is 0 Å². The maximum atomic E-state index is 14.1. The highest BCUT2D eigenvalue weighted by Crippen LogP contribution is 2.47. The fraction of sp³-hybridized carbons (Fsp3) is 0.556. The SMILES string of the molecule is CC(C)(CC1=Cc2nc1nc1cc(CC(C)(C)C(F)(F)F)c(nc3nc(nc4cc(CC(C)(C)C(F)(F)F)c(n2)[nH]4)C(CC(C)(C)C(F)(F)F)=C3)[nH]1)C(F)(F)F. The van der Waals surface area contributed by atoms with Gasteiger partial charge in [-0.2, -0.15) is 52.7 Å². The smallest absolute Gasteiger partial charge is 0.325 e. The highest BCUT2D eigenvalue weighted by molar-refractivity contribution is 5.82. The van der Waals surface area contributed by atoms with Crippen molar-refractivity contribution in [2.45, 2.75) is 106 Å². The van der Waals surface area contributed by atoms with Crippen molar-refractivity contribution in [3.8, 4) is 0 Å². The van der Waals surface area contributed by atoms with Crippen LogP contribution in [0.15, 0.2) is 12.1 Å². The zero-order valence-electron chi connectivity index (χ0n) is 31.4. The van der Waals surface area contributed by atoms with Crippen LogP contribution < -0.4 is 0 Å². The van der Waals surface area contributed by atoms with Crippen LogP contribution in [-0.2, 0) is 12.8 Å². The lowest BCUT2D eigenvalue weighted by atomic mass is 9.84. The number of hydrogen-bond donors (Lipinski definition) is 2. The van der Waals surface area contributed by atoms with Gasteiger partial charge < -0.3 is 9.97 Å². The maximum absolute atomic E-state index is 14.1. The van der Waals surface area contributed by atoms with Crippen LogP contribution in [0.25, 0.3) is 45.9 Å². The van der Waals surface area contributed by atoms with E-state index < -0.39 is 72.0 Å². The van der Waals surface area contributed by atoms with Crippen LogP contribution in [-0.4, -0.2) is 64.6 Å². The van der Waals surface area contributed by atoms with Gasteiger partial charge >= 0.3 is 24.7 Å². The van der Waals surface area contributed by atoms with Crippen LogP contribution in [0.1, 0.15) is 103 Å². The molecule has 0 saturated heterocycles. The standard InChI is InChI=1S/C36H38F12N8/c1-29(2,33(37,38)39)13-17-9-21-49-25(17)53-22-10-18(14-30(3,4)34(40,41)42)27(50-22)55-24-12-20(16-32(7,8)36(46,47)48)28(52-24)56-23-11-19(26(51-23)54-21)15-31(5,6)35(43,44)45/h9-12H,13-16H2,1-8H3,(H2,49,50,51,52,53,54,55,56). The molecule has 0 aromatic carbocycles. The molecule has 8 bridgehead atoms. The zero-order valence-corrected chi connectivity index (χ0v) is 31.4. The monoisotopic (exact) mass is 810 g/mol. The zero-order chi connectivity index (χ0) is 42.2. The second-order valence-electron chi connectivity index (χ2n) is 16.7. The van der Waals surface area contributed by atoms with Crippen molar-refractivity contribution in [1.29, 1.82) is 0 Å². The molecule has 2 N–H and O–H groups in total. The lowest BCUT2D eigenvalue weighted by molar-refractivity contribution is -0.211. The number of aromatic amines is 2. The molecule has 0 amide bonds. The lowest BCUT2D eigenvalue weighted by Gasteiger charge is -2.27. The summed E-state index contributed by atoms with van der Waals surface area (Å²) in [6.45, 7) is 7.46. The van der Waals surface area contributed by atoms with E-state index in [-0.39, 0.29) is 68.2 Å². The number of rotatable bonds is 8. The first-order valence-electron chi connectivity index (χ1n) is 17.1. The van der Waals surface area contributed by atoms with Crippen LogP contribution in [0.4, 0.5) is 52.7 Å². The Kier molecular flexibility index (Phi) is 10.3. The van der Waals surface area contributed by atoms with Gasteiger partial charge in [-0.15, -0.1) is 0 Å². The van der Waals surface area contributed by atoms with Crippen molar-refractivity contribution in [2.24, 2.45) is 21.7 Å². The average molecular weight is 811 g/mol. The molecule has 2 aliphatic heterocycles. The van der Waals surface area contributed by atoms with Crippen LogP contribution in [0.5, 0.6) is 0 Å². The molecule has 5 heterocycles. The van der Waals surface area contributed by atoms with Gasteiger partial charge in [0.25, 0.3) is 0 Å². The highest BCUT2D eigenvalue weighted by Gasteiger charge is 2.50. The van der Waals surface area contributed by atoms with Crippen molar-refractivity contribution in [3.05, 3.63) is 46.6 Å². The van der Waals surface area contributed by atoms with Crippen LogP contribution in [0.3, 0.4) is 0 Å². The third-order valence-electron chi connectivity index (χ3n) is 9.85. The van der Waals surface area contributed by atoms with E-state index in [2.05, 4.69) is 39.9 Å². The molecule has 56 heavy (non-hydrogen) atoms. The van der Waals surface area contributed by atoms with Crippen LogP contribution in [0, 0.1) is 21.7 Å². The molecule has 3 aromatic heterocycles. The van der Waals surface area contributed by atoms with Gasteiger partial charge in [0.05, 0.1) is 21.7 Å². The summed E-state index contributed by atoms with van der Waals surface area (Å²) in [6.07, 6.45) is -19.3. The molecule has 8 nitrogen and oxygen atoms in total. The quantitative estimate of drug-likeness (QED) is 0.219. The number of allylic oxidation sites excluding steroid dienone is 2. The Morgan fingerprint density at radius 1 is 0.411 bits per heavy atom. The molecule has 0 radical (unpaired) electrons. The molecule has 306 valence electrons. The fourth-order valence-corrected chi connectivity index (χ4v) is 5.73. The molecule has 0 aliphatic carbocycles. The van der Waals surface area contributed by atoms with Crippen LogP contribution in [0.2, 0.25) is 0 Å². The summed E-state index contributed by atoms with van der Waals surface area (Å²) < 4.78 is 169. The number of hydrogen-bond acceptors (Lipinski definition) is 6. The Bertz CT molecular complexity index is 2070. The minimum absolute atomic E-state index is 0.0619. The predicted molar refractivity (Wildman–Crippen MR) is 184 cm³/mol. The van der Waals surface area contributed by atoms with Crippen molar-refractivity contribution in [2.75, 3.05) is 0 Å². The van der Waals surface area contributed by atoms with E-state index in [4.69, 9.17) is 0 Å². The Balaban J connectivity index is 1.87. The Morgan fingerprint density at radius 3 is 0.982 bits per heavy atom. The number of fused-ring (bicyclic) bond motifs is 8. The second kappa shape index (κ2) is 13.6. The maximum Gasteiger partial charge on any atom is 0.394 e. The molecular formula is C36H38F12N8. The van der Waals surface area contributed by atoms with E-state index in [9.17, 15) is 52.7 Å². The first-order chi connectivity index (χ1) is 25.2. The first-order valence-corrected chi connectivity index (χ1v) is 17.1. The number of H-pyrrole nitrogens is 2. The van der Waals surface area contributed by atoms with Gasteiger partial charge in [-0.05, 0) is 61.1 Å². The fourth-order valence-electron chi connectivity index (χ4n) is 5.73. The van der Waals surface area contributed by atoms with Gasteiger partial charge in [0, 0.05) is 11.1 Å². The summed E-state index contributed by atoms with van der Waals surface area (Å²) in [4.78, 5) is 31.4. The number of nitrogens with one attached hydrogen (secondary N) is 2. The second-order valence-corrected chi connectivity index (χ2v) is 16.7. The average Bonchev–Trinajstić information content (AvgIpc) is 3.73. The van der Waals surface area contributed by atoms with Gasteiger partial charge in [0.2, 0.25) is 0 Å². The third-order valence-corrected chi connectivity index (χ3v) is 9.85. The number of alkyl halides is 12. The summed E-state index contributed by atoms with van der Waals surface area (Å²) in [7, 11) is 0. The molecule has 3 aromatic rings. The number of nitrogens with zero attached hydrogens (tertiary/aromatic N) is 6. The first kappa shape index (κ1) is 42.6. The van der Waals surface area contributed by atoms with Gasteiger partial charge in [-0.25, -0.2) is 29.9 Å². The molecule has 0 fully saturated rings. The van der Waals surface area contributed by atoms with Crippen molar-refractivity contribution in [3.63, 3.8) is 0 Å². The molecule has 0 atom stereocenters. The molecule has 2 aliphatic rings. The van der Waals surface area contributed by atoms with E-state index in [1.54, 1.807) is 0 Å². The molecular weight excluding hydrogens is 772 g/mol. The van der Waals surface area contributed by atoms with Gasteiger partial charge in [0.15, 0.2) is 23.3 Å². The molecule has 0 spiro atoms. The summed E-state index contributed by atoms with van der Waals surface area (Å²) in [5, 5.41) is 0.